The first-order chi connectivity index (χ1) is 31.2. The summed E-state index contributed by atoms with van der Waals surface area (Å²) in [4.78, 5) is 29.9. The molecule has 0 aromatic heterocycles. The van der Waals surface area contributed by atoms with Crippen LogP contribution < -0.4 is 20.7 Å². The van der Waals surface area contributed by atoms with Crippen molar-refractivity contribution >= 4 is 54.8 Å². The van der Waals surface area contributed by atoms with Crippen LogP contribution in [0.25, 0.3) is 0 Å². The maximum Gasteiger partial charge on any atom is 0.501 e. The van der Waals surface area contributed by atoms with Crippen LogP contribution in [0.2, 0.25) is 0 Å². The number of benzene rings is 3. The Labute approximate surface area is 394 Å². The number of hydrogen-bond acceptors (Lipinski definition) is 11. The number of piperazine rings is 1. The predicted octanol–water partition coefficient (Wildman–Crippen LogP) is 8.86. The van der Waals surface area contributed by atoms with Gasteiger partial charge >= 0.3 is 5.51 Å². The number of nitrogens with zero attached hydrogens (tertiary/aromatic N) is 3. The molecule has 18 heteroatoms. The van der Waals surface area contributed by atoms with Crippen LogP contribution in [0.5, 0.6) is 0 Å². The molecule has 0 saturated carbocycles. The molecule has 1 heterocycles. The first-order valence-electron chi connectivity index (χ1n) is 22.9. The summed E-state index contributed by atoms with van der Waals surface area (Å²) in [7, 11) is -9.00. The van der Waals surface area contributed by atoms with E-state index in [1.165, 1.54) is 30.3 Å². The summed E-state index contributed by atoms with van der Waals surface area (Å²) in [6.07, 6.45) is 9.82. The van der Waals surface area contributed by atoms with E-state index in [-0.39, 0.29) is 11.5 Å². The van der Waals surface area contributed by atoms with Crippen molar-refractivity contribution in [2.45, 2.75) is 118 Å². The molecule has 1 atom stereocenters. The fraction of sp³-hybridized carbons (Fsp3) is 0.542. The van der Waals surface area contributed by atoms with Crippen LogP contribution in [0.3, 0.4) is 0 Å². The number of alkyl halides is 3. The molecule has 0 unspecified atom stereocenters. The van der Waals surface area contributed by atoms with Gasteiger partial charge in [-0.05, 0) is 125 Å². The highest BCUT2D eigenvalue weighted by Gasteiger charge is 2.48. The lowest BCUT2D eigenvalue weighted by molar-refractivity contribution is -0.118. The molecule has 66 heavy (non-hydrogen) atoms. The van der Waals surface area contributed by atoms with Gasteiger partial charge in [-0.15, -0.1) is 11.8 Å². The Hall–Kier alpha value is -4.10. The van der Waals surface area contributed by atoms with E-state index in [1.54, 1.807) is 23.3 Å². The Morgan fingerprint density at radius 2 is 1.58 bits per heavy atom. The van der Waals surface area contributed by atoms with E-state index in [9.17, 15) is 39.6 Å². The van der Waals surface area contributed by atoms with E-state index >= 15 is 0 Å². The van der Waals surface area contributed by atoms with Crippen LogP contribution in [0.15, 0.2) is 98.6 Å². The highest BCUT2D eigenvalue weighted by molar-refractivity contribution is 7.99. The second-order valence-electron chi connectivity index (χ2n) is 18.3. The zero-order valence-electron chi connectivity index (χ0n) is 38.7. The molecule has 3 aromatic carbocycles. The zero-order chi connectivity index (χ0) is 48.1. The van der Waals surface area contributed by atoms with Crippen molar-refractivity contribution in [1.82, 2.24) is 14.5 Å². The minimum atomic E-state index is -6.07. The summed E-state index contributed by atoms with van der Waals surface area (Å²) in [6.45, 7) is 12.5. The lowest BCUT2D eigenvalue weighted by Crippen LogP contribution is -2.47. The molecule has 1 fully saturated rings. The number of carbonyl (C=O) groups excluding carboxylic acids is 2. The molecular weight excluding hydrogens is 910 g/mol. The van der Waals surface area contributed by atoms with E-state index in [2.05, 4.69) is 40.8 Å². The Bertz CT molecular complexity index is 2340. The van der Waals surface area contributed by atoms with E-state index in [0.717, 1.165) is 107 Å². The first-order valence-corrected chi connectivity index (χ1v) is 26.8. The monoisotopic (exact) mass is 976 g/mol. The van der Waals surface area contributed by atoms with Gasteiger partial charge in [-0.3, -0.25) is 14.5 Å². The molecule has 0 spiro atoms. The number of allylic oxidation sites excluding steroid dienone is 1. The van der Waals surface area contributed by atoms with Gasteiger partial charge < -0.3 is 20.9 Å². The third-order valence-corrected chi connectivity index (χ3v) is 16.4. The maximum atomic E-state index is 14.2. The lowest BCUT2D eigenvalue weighted by atomic mass is 9.73. The number of unbranched alkanes of at least 4 members (excludes halogenated alkanes) is 3. The number of amides is 2. The number of hydrogen-bond donors (Lipinski definition) is 3. The summed E-state index contributed by atoms with van der Waals surface area (Å²) >= 11 is 1.44. The number of sulfonamides is 1. The van der Waals surface area contributed by atoms with Gasteiger partial charge in [-0.25, -0.2) is 21.6 Å². The summed E-state index contributed by atoms with van der Waals surface area (Å²) in [5.74, 6) is -1.01. The van der Waals surface area contributed by atoms with Gasteiger partial charge in [0.25, 0.3) is 25.8 Å². The van der Waals surface area contributed by atoms with Gasteiger partial charge in [0.2, 0.25) is 5.91 Å². The predicted molar refractivity (Wildman–Crippen MR) is 258 cm³/mol. The fourth-order valence-corrected chi connectivity index (χ4v) is 11.5. The minimum absolute atomic E-state index is 0.00445. The summed E-state index contributed by atoms with van der Waals surface area (Å²) < 4.78 is 97.9. The molecule has 12 nitrogen and oxygen atoms in total. The summed E-state index contributed by atoms with van der Waals surface area (Å²) in [5.41, 5.74) is 3.46. The van der Waals surface area contributed by atoms with Crippen molar-refractivity contribution in [2.75, 3.05) is 68.8 Å². The summed E-state index contributed by atoms with van der Waals surface area (Å²) in [6, 6.07) is 17.7. The lowest BCUT2D eigenvalue weighted by Gasteiger charge is -2.39. The highest BCUT2D eigenvalue weighted by Crippen LogP contribution is 2.41. The molecule has 1 aliphatic heterocycles. The molecule has 4 N–H and O–H groups in total. The number of nitrogens with one attached hydrogen (secondary N) is 2. The molecule has 3 aromatic rings. The van der Waals surface area contributed by atoms with E-state index < -0.39 is 52.8 Å². The second-order valence-corrected chi connectivity index (χ2v) is 23.0. The van der Waals surface area contributed by atoms with Crippen molar-refractivity contribution in [3.8, 4) is 0 Å². The van der Waals surface area contributed by atoms with Crippen molar-refractivity contribution in [3.63, 3.8) is 0 Å². The molecule has 0 bridgehead atoms. The smallest absolute Gasteiger partial charge is 0.380 e. The zero-order valence-corrected chi connectivity index (χ0v) is 41.1. The first kappa shape index (κ1) is 52.9. The number of thioether (sulfide) groups is 1. The molecule has 2 aliphatic rings. The number of anilines is 2. The Balaban J connectivity index is 1.25. The molecule has 2 amide bonds. The third-order valence-electron chi connectivity index (χ3n) is 12.3. The standard InChI is InChI=1S/C48H67F3N6O6S3/c1-5-13-37-33-47(2,3)25-23-38(37)34-56-28-30-57(31-29-56)40-19-17-36(18-20-40)46(59)54-66(62,63)42-21-22-43(44(32-42)65(60,61)48(49,50)51)53-39(35-64-41-14-9-8-10-15-41)24-27-55(4)26-12-7-6-11-16-45(52)58/h8-10,14-15,17-22,32,39,53H,5-7,11-13,16,23-31,33-35H2,1-4H3,(H2,52,58)(H,54,59)/t39-/m1/s1. The SMILES string of the molecule is CCCC1=C(CN2CCN(c3ccc(C(=O)NS(=O)(=O)c4ccc(N[C@H](CCN(C)CCCCCCC(N)=O)CSc5ccccc5)c(S(=O)(=O)C(F)(F)F)c4)cc3)CC2)CCC(C)(C)C1. The topological polar surface area (TPSA) is 162 Å². The Morgan fingerprint density at radius 1 is 0.894 bits per heavy atom. The van der Waals surface area contributed by atoms with Crippen LogP contribution in [-0.2, 0) is 24.7 Å². The molecule has 1 aliphatic carbocycles. The van der Waals surface area contributed by atoms with Crippen LogP contribution in [0.4, 0.5) is 24.5 Å². The van der Waals surface area contributed by atoms with Gasteiger partial charge in [0.05, 0.1) is 10.6 Å². The number of sulfone groups is 1. The number of nitrogens with two attached hydrogens (primary N) is 1. The minimum Gasteiger partial charge on any atom is -0.380 e. The van der Waals surface area contributed by atoms with Crippen molar-refractivity contribution in [2.24, 2.45) is 11.1 Å². The van der Waals surface area contributed by atoms with Gasteiger partial charge in [0, 0.05) is 67.1 Å². The average Bonchev–Trinajstić information content (AvgIpc) is 3.26. The quantitative estimate of drug-likeness (QED) is 0.0447. The van der Waals surface area contributed by atoms with Crippen molar-refractivity contribution in [3.05, 3.63) is 89.5 Å². The largest absolute Gasteiger partial charge is 0.501 e. The van der Waals surface area contributed by atoms with Crippen molar-refractivity contribution < 1.29 is 39.6 Å². The Morgan fingerprint density at radius 3 is 2.23 bits per heavy atom. The number of carbonyl (C=O) groups is 2. The molecule has 1 saturated heterocycles. The van der Waals surface area contributed by atoms with E-state index in [1.807, 2.05) is 42.1 Å². The van der Waals surface area contributed by atoms with Crippen LogP contribution >= 0.6 is 11.8 Å². The number of primary amides is 1. The van der Waals surface area contributed by atoms with Crippen LogP contribution in [0, 0.1) is 5.41 Å². The highest BCUT2D eigenvalue weighted by atomic mass is 32.2. The molecular formula is C48H67F3N6O6S3. The third kappa shape index (κ3) is 15.5. The van der Waals surface area contributed by atoms with Gasteiger partial charge in [-0.2, -0.15) is 13.2 Å². The number of halogens is 3. The fourth-order valence-electron chi connectivity index (χ4n) is 8.50. The molecule has 364 valence electrons. The number of rotatable bonds is 24. The van der Waals surface area contributed by atoms with Gasteiger partial charge in [0.15, 0.2) is 0 Å². The van der Waals surface area contributed by atoms with Gasteiger partial charge in [-0.1, -0.05) is 69.4 Å². The normalized spacial score (nSPS) is 16.6. The summed E-state index contributed by atoms with van der Waals surface area (Å²) in [5, 5.41) is 2.99. The van der Waals surface area contributed by atoms with Crippen LogP contribution in [0.1, 0.15) is 102 Å². The van der Waals surface area contributed by atoms with E-state index in [0.29, 0.717) is 43.0 Å². The van der Waals surface area contributed by atoms with Gasteiger partial charge in [0.1, 0.15) is 4.90 Å². The van der Waals surface area contributed by atoms with Crippen LogP contribution in [-0.4, -0.2) is 109 Å². The molecule has 0 radical (unpaired) electrons. The van der Waals surface area contributed by atoms with E-state index in [4.69, 9.17) is 5.73 Å². The second kappa shape index (κ2) is 23.8. The maximum absolute atomic E-state index is 14.2. The molecule has 5 rings (SSSR count). The average molecular weight is 977 g/mol. The Kier molecular flexibility index (Phi) is 19.0. The van der Waals surface area contributed by atoms with Crippen molar-refractivity contribution in [1.29, 1.82) is 0 Å².